The van der Waals surface area contributed by atoms with Crippen molar-refractivity contribution >= 4 is 28.2 Å². The van der Waals surface area contributed by atoms with Crippen LogP contribution in [0.1, 0.15) is 11.4 Å². The lowest BCUT2D eigenvalue weighted by molar-refractivity contribution is 0.687. The first-order chi connectivity index (χ1) is 7.00. The van der Waals surface area contributed by atoms with Crippen molar-refractivity contribution in [3.8, 4) is 0 Å². The molecule has 0 spiro atoms. The smallest absolute Gasteiger partial charge is 0.171 e. The number of nitrogens with zero attached hydrogens (tertiary/aromatic N) is 2. The summed E-state index contributed by atoms with van der Waals surface area (Å²) >= 11 is 5.90. The summed E-state index contributed by atoms with van der Waals surface area (Å²) in [7, 11) is -0.809. The largest absolute Gasteiger partial charge is 0.367 e. The Balaban J connectivity index is 2.69. The number of nitrogens with one attached hydrogen (secondary N) is 1. The maximum absolute atomic E-state index is 10.8. The normalized spacial score (nSPS) is 12.5. The van der Waals surface area contributed by atoms with E-state index in [1.54, 1.807) is 6.26 Å². The van der Waals surface area contributed by atoms with Gasteiger partial charge >= 0.3 is 0 Å². The highest BCUT2D eigenvalue weighted by Gasteiger charge is 2.06. The summed E-state index contributed by atoms with van der Waals surface area (Å²) < 4.78 is 10.8. The fourth-order valence-electron chi connectivity index (χ4n) is 1.00. The van der Waals surface area contributed by atoms with E-state index in [0.717, 1.165) is 11.4 Å². The molecule has 84 valence electrons. The number of hydrogen-bond donors (Lipinski definition) is 1. The molecule has 4 nitrogen and oxygen atoms in total. The van der Waals surface area contributed by atoms with Gasteiger partial charge in [-0.15, -0.1) is 0 Å². The standard InChI is InChI=1S/C9H14ClN3OS/c1-6-7(2)13-9(8(10)12-6)11-4-5-15(3)14/h4-5H2,1-3H3,(H,11,13). The van der Waals surface area contributed by atoms with Gasteiger partial charge in [-0.25, -0.2) is 9.97 Å². The fourth-order valence-corrected chi connectivity index (χ4v) is 1.63. The van der Waals surface area contributed by atoms with E-state index in [1.807, 2.05) is 13.8 Å². The number of rotatable bonds is 4. The Morgan fingerprint density at radius 3 is 2.53 bits per heavy atom. The van der Waals surface area contributed by atoms with Gasteiger partial charge in [-0.1, -0.05) is 11.6 Å². The minimum Gasteiger partial charge on any atom is -0.367 e. The Labute approximate surface area is 96.9 Å². The van der Waals surface area contributed by atoms with Crippen LogP contribution in [0, 0.1) is 13.8 Å². The van der Waals surface area contributed by atoms with E-state index < -0.39 is 10.8 Å². The average Bonchev–Trinajstić information content (AvgIpc) is 2.13. The third-order valence-electron chi connectivity index (χ3n) is 1.95. The van der Waals surface area contributed by atoms with E-state index in [9.17, 15) is 4.21 Å². The lowest BCUT2D eigenvalue weighted by Gasteiger charge is -2.08. The summed E-state index contributed by atoms with van der Waals surface area (Å²) in [6, 6.07) is 0. The van der Waals surface area contributed by atoms with Gasteiger partial charge in [0.15, 0.2) is 11.0 Å². The molecule has 0 fully saturated rings. The van der Waals surface area contributed by atoms with E-state index in [4.69, 9.17) is 11.6 Å². The van der Waals surface area contributed by atoms with Crippen LogP contribution in [0.5, 0.6) is 0 Å². The minimum absolute atomic E-state index is 0.361. The molecule has 0 aliphatic carbocycles. The van der Waals surface area contributed by atoms with E-state index in [2.05, 4.69) is 15.3 Å². The number of aromatic nitrogens is 2. The van der Waals surface area contributed by atoms with Gasteiger partial charge in [0.05, 0.1) is 11.4 Å². The van der Waals surface area contributed by atoms with Gasteiger partial charge in [-0.2, -0.15) is 0 Å². The topological polar surface area (TPSA) is 54.9 Å². The fraction of sp³-hybridized carbons (Fsp3) is 0.556. The van der Waals surface area contributed by atoms with Crippen molar-refractivity contribution in [2.24, 2.45) is 0 Å². The van der Waals surface area contributed by atoms with E-state index in [0.29, 0.717) is 23.3 Å². The van der Waals surface area contributed by atoms with Crippen LogP contribution in [0.25, 0.3) is 0 Å². The second kappa shape index (κ2) is 5.42. The molecule has 0 aliphatic heterocycles. The maximum Gasteiger partial charge on any atom is 0.171 e. The van der Waals surface area contributed by atoms with Crippen LogP contribution in [0.15, 0.2) is 0 Å². The molecule has 6 heteroatoms. The second-order valence-corrected chi connectivity index (χ2v) is 5.15. The summed E-state index contributed by atoms with van der Waals surface area (Å²) in [5.41, 5.74) is 1.67. The first-order valence-corrected chi connectivity index (χ1v) is 6.66. The molecule has 1 atom stereocenters. The van der Waals surface area contributed by atoms with E-state index in [1.165, 1.54) is 0 Å². The average molecular weight is 248 g/mol. The zero-order valence-electron chi connectivity index (χ0n) is 9.00. The quantitative estimate of drug-likeness (QED) is 0.877. The van der Waals surface area contributed by atoms with Gasteiger partial charge in [0.25, 0.3) is 0 Å². The van der Waals surface area contributed by atoms with Crippen LogP contribution in [-0.2, 0) is 10.8 Å². The Kier molecular flexibility index (Phi) is 4.47. The highest BCUT2D eigenvalue weighted by Crippen LogP contribution is 2.17. The molecule has 0 aliphatic rings. The lowest BCUT2D eigenvalue weighted by Crippen LogP contribution is -2.12. The van der Waals surface area contributed by atoms with Crippen molar-refractivity contribution in [2.45, 2.75) is 13.8 Å². The SMILES string of the molecule is Cc1nc(Cl)c(NCCS(C)=O)nc1C. The van der Waals surface area contributed by atoms with Crippen molar-refractivity contribution < 1.29 is 4.21 Å². The summed E-state index contributed by atoms with van der Waals surface area (Å²) in [5.74, 6) is 1.13. The highest BCUT2D eigenvalue weighted by molar-refractivity contribution is 7.84. The molecule has 0 amide bonds. The predicted octanol–water partition coefficient (Wildman–Crippen LogP) is 1.54. The molecule has 0 saturated carbocycles. The van der Waals surface area contributed by atoms with Crippen molar-refractivity contribution in [2.75, 3.05) is 23.9 Å². The predicted molar refractivity (Wildman–Crippen MR) is 63.9 cm³/mol. The molecule has 1 unspecified atom stereocenters. The van der Waals surface area contributed by atoms with Crippen LogP contribution >= 0.6 is 11.6 Å². The van der Waals surface area contributed by atoms with Crippen molar-refractivity contribution in [3.63, 3.8) is 0 Å². The van der Waals surface area contributed by atoms with Crippen LogP contribution in [0.2, 0.25) is 5.15 Å². The number of hydrogen-bond acceptors (Lipinski definition) is 4. The second-order valence-electron chi connectivity index (χ2n) is 3.24. The monoisotopic (exact) mass is 247 g/mol. The summed E-state index contributed by atoms with van der Waals surface area (Å²) in [5, 5.41) is 3.37. The molecule has 0 aromatic carbocycles. The van der Waals surface area contributed by atoms with Crippen molar-refractivity contribution in [1.29, 1.82) is 0 Å². The Morgan fingerprint density at radius 1 is 1.33 bits per heavy atom. The number of aryl methyl sites for hydroxylation is 2. The Morgan fingerprint density at radius 2 is 1.93 bits per heavy atom. The molecule has 1 heterocycles. The van der Waals surface area contributed by atoms with Crippen LogP contribution in [0.3, 0.4) is 0 Å². The van der Waals surface area contributed by atoms with Crippen molar-refractivity contribution in [1.82, 2.24) is 9.97 Å². The molecular weight excluding hydrogens is 234 g/mol. The molecule has 1 aromatic rings. The summed E-state index contributed by atoms with van der Waals surface area (Å²) in [6.07, 6.45) is 1.66. The van der Waals surface area contributed by atoms with Crippen LogP contribution < -0.4 is 5.32 Å². The molecule has 1 aromatic heterocycles. The zero-order chi connectivity index (χ0) is 11.4. The van der Waals surface area contributed by atoms with Crippen molar-refractivity contribution in [3.05, 3.63) is 16.5 Å². The van der Waals surface area contributed by atoms with Gasteiger partial charge in [-0.05, 0) is 13.8 Å². The van der Waals surface area contributed by atoms with E-state index >= 15 is 0 Å². The van der Waals surface area contributed by atoms with E-state index in [-0.39, 0.29) is 0 Å². The van der Waals surface area contributed by atoms with Crippen LogP contribution in [-0.4, -0.2) is 32.7 Å². The summed E-state index contributed by atoms with van der Waals surface area (Å²) in [4.78, 5) is 8.40. The molecular formula is C9H14ClN3OS. The third-order valence-corrected chi connectivity index (χ3v) is 2.99. The number of anilines is 1. The molecule has 0 saturated heterocycles. The zero-order valence-corrected chi connectivity index (χ0v) is 10.6. The van der Waals surface area contributed by atoms with Gasteiger partial charge in [0.1, 0.15) is 0 Å². The van der Waals surface area contributed by atoms with Gasteiger partial charge < -0.3 is 5.32 Å². The Hall–Kier alpha value is -0.680. The highest BCUT2D eigenvalue weighted by atomic mass is 35.5. The lowest BCUT2D eigenvalue weighted by atomic mass is 10.3. The first kappa shape index (κ1) is 12.4. The third kappa shape index (κ3) is 3.76. The molecule has 0 bridgehead atoms. The first-order valence-electron chi connectivity index (χ1n) is 4.55. The van der Waals surface area contributed by atoms with Gasteiger partial charge in [0.2, 0.25) is 0 Å². The van der Waals surface area contributed by atoms with Crippen LogP contribution in [0.4, 0.5) is 5.82 Å². The van der Waals surface area contributed by atoms with Gasteiger partial charge in [-0.3, -0.25) is 4.21 Å². The molecule has 0 radical (unpaired) electrons. The maximum atomic E-state index is 10.8. The summed E-state index contributed by atoms with van der Waals surface area (Å²) in [6.45, 7) is 4.32. The Bertz CT molecular complexity index is 384. The number of halogens is 1. The molecule has 1 rings (SSSR count). The molecule has 1 N–H and O–H groups in total. The van der Waals surface area contributed by atoms with Gasteiger partial charge in [0, 0.05) is 29.4 Å². The minimum atomic E-state index is -0.809. The molecule has 15 heavy (non-hydrogen) atoms.